The van der Waals surface area contributed by atoms with Crippen LogP contribution < -0.4 is 10.6 Å². The molecule has 1 fully saturated rings. The Hall–Kier alpha value is -1.14. The van der Waals surface area contributed by atoms with Gasteiger partial charge in [0.25, 0.3) is 0 Å². The van der Waals surface area contributed by atoms with Crippen LogP contribution in [0.15, 0.2) is 0 Å². The lowest BCUT2D eigenvalue weighted by atomic mass is 10.0. The van der Waals surface area contributed by atoms with Crippen LogP contribution in [0.3, 0.4) is 0 Å². The van der Waals surface area contributed by atoms with Crippen LogP contribution in [0.25, 0.3) is 0 Å². The molecule has 1 aliphatic rings. The van der Waals surface area contributed by atoms with E-state index < -0.39 is 5.97 Å². The fourth-order valence-corrected chi connectivity index (χ4v) is 1.68. The van der Waals surface area contributed by atoms with Crippen molar-refractivity contribution in [2.45, 2.75) is 18.9 Å². The van der Waals surface area contributed by atoms with E-state index in [1.54, 1.807) is 7.05 Å². The zero-order valence-corrected chi connectivity index (χ0v) is 9.36. The first-order valence-electron chi connectivity index (χ1n) is 5.39. The average molecular weight is 230 g/mol. The molecular formula is C10H18N2O4. The summed E-state index contributed by atoms with van der Waals surface area (Å²) < 4.78 is 5.21. The van der Waals surface area contributed by atoms with E-state index in [2.05, 4.69) is 10.6 Å². The van der Waals surface area contributed by atoms with Crippen LogP contribution in [0.1, 0.15) is 12.8 Å². The Balaban J connectivity index is 2.21. The minimum Gasteiger partial charge on any atom is -0.481 e. The quantitative estimate of drug-likeness (QED) is 0.520. The second-order valence-corrected chi connectivity index (χ2v) is 3.83. The number of aliphatic carboxylic acids is 1. The van der Waals surface area contributed by atoms with Crippen LogP contribution in [-0.4, -0.2) is 49.8 Å². The van der Waals surface area contributed by atoms with E-state index in [0.717, 1.165) is 0 Å². The number of carbonyl (C=O) groups excluding carboxylic acids is 1. The standard InChI is InChI=1S/C10H18N2O4/c1-11-8-6-16-5-7(8)10(15)12-4-2-3-9(13)14/h7-8,11H,2-6H2,1H3,(H,12,15)(H,13,14). The van der Waals surface area contributed by atoms with Gasteiger partial charge in [-0.3, -0.25) is 9.59 Å². The molecule has 1 aliphatic heterocycles. The number of carbonyl (C=O) groups is 2. The van der Waals surface area contributed by atoms with Gasteiger partial charge < -0.3 is 20.5 Å². The summed E-state index contributed by atoms with van der Waals surface area (Å²) in [5.74, 6) is -1.08. The summed E-state index contributed by atoms with van der Waals surface area (Å²) >= 11 is 0. The van der Waals surface area contributed by atoms with Crippen LogP contribution in [-0.2, 0) is 14.3 Å². The third kappa shape index (κ3) is 3.79. The third-order valence-electron chi connectivity index (χ3n) is 2.65. The number of rotatable bonds is 6. The summed E-state index contributed by atoms with van der Waals surface area (Å²) in [6.07, 6.45) is 0.537. The second kappa shape index (κ2) is 6.44. The largest absolute Gasteiger partial charge is 0.481 e. The molecule has 0 saturated carbocycles. The molecule has 6 heteroatoms. The lowest BCUT2D eigenvalue weighted by Gasteiger charge is -2.16. The molecule has 1 amide bonds. The van der Waals surface area contributed by atoms with Gasteiger partial charge >= 0.3 is 5.97 Å². The Labute approximate surface area is 94.3 Å². The molecule has 0 spiro atoms. The first-order chi connectivity index (χ1) is 7.65. The molecule has 3 N–H and O–H groups in total. The Morgan fingerprint density at radius 1 is 1.44 bits per heavy atom. The second-order valence-electron chi connectivity index (χ2n) is 3.83. The minimum absolute atomic E-state index is 0.0551. The summed E-state index contributed by atoms with van der Waals surface area (Å²) in [6.45, 7) is 1.37. The number of carboxylic acids is 1. The van der Waals surface area contributed by atoms with Gasteiger partial charge in [-0.05, 0) is 13.5 Å². The number of carboxylic acid groups (broad SMARTS) is 1. The van der Waals surface area contributed by atoms with E-state index >= 15 is 0 Å². The summed E-state index contributed by atoms with van der Waals surface area (Å²) in [5, 5.41) is 14.2. The first-order valence-corrected chi connectivity index (χ1v) is 5.39. The molecule has 0 aliphatic carbocycles. The molecule has 16 heavy (non-hydrogen) atoms. The highest BCUT2D eigenvalue weighted by Crippen LogP contribution is 2.13. The molecule has 2 atom stereocenters. The van der Waals surface area contributed by atoms with E-state index in [0.29, 0.717) is 26.2 Å². The maximum absolute atomic E-state index is 11.7. The fraction of sp³-hybridized carbons (Fsp3) is 0.800. The number of hydrogen-bond acceptors (Lipinski definition) is 4. The normalized spacial score (nSPS) is 24.3. The molecule has 0 aromatic rings. The van der Waals surface area contributed by atoms with Crippen LogP contribution in [0.4, 0.5) is 0 Å². The van der Waals surface area contributed by atoms with Gasteiger partial charge in [-0.1, -0.05) is 0 Å². The number of amides is 1. The van der Waals surface area contributed by atoms with E-state index in [1.165, 1.54) is 0 Å². The lowest BCUT2D eigenvalue weighted by molar-refractivity contribution is -0.137. The number of ether oxygens (including phenoxy) is 1. The smallest absolute Gasteiger partial charge is 0.303 e. The van der Waals surface area contributed by atoms with Gasteiger partial charge in [-0.15, -0.1) is 0 Å². The molecule has 1 saturated heterocycles. The molecule has 1 rings (SSSR count). The molecule has 0 aromatic heterocycles. The molecule has 0 aromatic carbocycles. The first kappa shape index (κ1) is 12.9. The summed E-state index contributed by atoms with van der Waals surface area (Å²) in [5.41, 5.74) is 0. The van der Waals surface area contributed by atoms with E-state index in [-0.39, 0.29) is 24.3 Å². The van der Waals surface area contributed by atoms with Gasteiger partial charge in [-0.25, -0.2) is 0 Å². The highest BCUT2D eigenvalue weighted by molar-refractivity contribution is 5.79. The molecular weight excluding hydrogens is 212 g/mol. The predicted molar refractivity (Wildman–Crippen MR) is 57.0 cm³/mol. The monoisotopic (exact) mass is 230 g/mol. The van der Waals surface area contributed by atoms with Gasteiger partial charge in [0.15, 0.2) is 0 Å². The topological polar surface area (TPSA) is 87.7 Å². The van der Waals surface area contributed by atoms with Crippen molar-refractivity contribution in [3.63, 3.8) is 0 Å². The van der Waals surface area contributed by atoms with Gasteiger partial charge in [-0.2, -0.15) is 0 Å². The highest BCUT2D eigenvalue weighted by atomic mass is 16.5. The Morgan fingerprint density at radius 3 is 2.81 bits per heavy atom. The maximum Gasteiger partial charge on any atom is 0.303 e. The van der Waals surface area contributed by atoms with Crippen molar-refractivity contribution >= 4 is 11.9 Å². The van der Waals surface area contributed by atoms with Crippen LogP contribution in [0.2, 0.25) is 0 Å². The van der Waals surface area contributed by atoms with Crippen molar-refractivity contribution < 1.29 is 19.4 Å². The molecule has 0 radical (unpaired) electrons. The number of hydrogen-bond donors (Lipinski definition) is 3. The van der Waals surface area contributed by atoms with Crippen molar-refractivity contribution in [1.29, 1.82) is 0 Å². The molecule has 92 valence electrons. The molecule has 0 bridgehead atoms. The van der Waals surface area contributed by atoms with Crippen LogP contribution >= 0.6 is 0 Å². The van der Waals surface area contributed by atoms with Crippen LogP contribution in [0, 0.1) is 5.92 Å². The SMILES string of the molecule is CNC1COCC1C(=O)NCCCC(=O)O. The Bertz CT molecular complexity index is 257. The average Bonchev–Trinajstić information content (AvgIpc) is 2.71. The molecule has 2 unspecified atom stereocenters. The van der Waals surface area contributed by atoms with Crippen LogP contribution in [0.5, 0.6) is 0 Å². The number of likely N-dealkylation sites (N-methyl/N-ethyl adjacent to an activating group) is 1. The van der Waals surface area contributed by atoms with Crippen molar-refractivity contribution in [3.05, 3.63) is 0 Å². The van der Waals surface area contributed by atoms with Gasteiger partial charge in [0, 0.05) is 19.0 Å². The minimum atomic E-state index is -0.841. The summed E-state index contributed by atoms with van der Waals surface area (Å²) in [6, 6.07) is 0.0551. The predicted octanol–water partition coefficient (Wildman–Crippen LogP) is -0.798. The van der Waals surface area contributed by atoms with E-state index in [4.69, 9.17) is 9.84 Å². The Morgan fingerprint density at radius 2 is 2.19 bits per heavy atom. The van der Waals surface area contributed by atoms with Gasteiger partial charge in [0.05, 0.1) is 19.1 Å². The van der Waals surface area contributed by atoms with E-state index in [9.17, 15) is 9.59 Å². The van der Waals surface area contributed by atoms with Crippen molar-refractivity contribution in [2.24, 2.45) is 5.92 Å². The fourth-order valence-electron chi connectivity index (χ4n) is 1.68. The zero-order valence-electron chi connectivity index (χ0n) is 9.36. The van der Waals surface area contributed by atoms with Gasteiger partial charge in [0.1, 0.15) is 0 Å². The lowest BCUT2D eigenvalue weighted by Crippen LogP contribution is -2.42. The third-order valence-corrected chi connectivity index (χ3v) is 2.65. The van der Waals surface area contributed by atoms with Crippen molar-refractivity contribution in [2.75, 3.05) is 26.8 Å². The van der Waals surface area contributed by atoms with E-state index in [1.807, 2.05) is 0 Å². The maximum atomic E-state index is 11.7. The summed E-state index contributed by atoms with van der Waals surface area (Å²) in [4.78, 5) is 21.9. The van der Waals surface area contributed by atoms with Gasteiger partial charge in [0.2, 0.25) is 5.91 Å². The number of nitrogens with one attached hydrogen (secondary N) is 2. The molecule has 6 nitrogen and oxygen atoms in total. The Kier molecular flexibility index (Phi) is 5.21. The van der Waals surface area contributed by atoms with Crippen molar-refractivity contribution in [3.8, 4) is 0 Å². The van der Waals surface area contributed by atoms with Crippen molar-refractivity contribution in [1.82, 2.24) is 10.6 Å². The zero-order chi connectivity index (χ0) is 12.0. The molecule has 1 heterocycles. The highest BCUT2D eigenvalue weighted by Gasteiger charge is 2.32. The summed E-state index contributed by atoms with van der Waals surface area (Å²) in [7, 11) is 1.80.